The van der Waals surface area contributed by atoms with E-state index in [4.69, 9.17) is 0 Å². The Hall–Kier alpha value is -4.21. The van der Waals surface area contributed by atoms with Gasteiger partial charge in [0, 0.05) is 0 Å². The molecule has 0 amide bonds. The fraction of sp³-hybridized carbons (Fsp3) is 0.278. The number of halogens is 2. The molecule has 2 unspecified atom stereocenters. The quantitative estimate of drug-likeness (QED) is 0.0898. The molecule has 0 bridgehead atoms. The van der Waals surface area contributed by atoms with Crippen molar-refractivity contribution >= 4 is 117 Å². The maximum absolute atomic E-state index is 9.98. The van der Waals surface area contributed by atoms with E-state index in [0.717, 1.165) is 25.7 Å². The van der Waals surface area contributed by atoms with E-state index in [1.165, 1.54) is 123 Å². The normalized spacial score (nSPS) is 16.9. The molecule has 0 nitrogen and oxygen atoms in total. The second-order valence-corrected chi connectivity index (χ2v) is 70.7. The molecule has 0 spiro atoms. The average Bonchev–Trinajstić information content (AvgIpc) is 4.25. The van der Waals surface area contributed by atoms with Gasteiger partial charge in [-0.25, -0.2) is 0 Å². The van der Waals surface area contributed by atoms with Crippen LogP contribution < -0.4 is 34.4 Å². The summed E-state index contributed by atoms with van der Waals surface area (Å²) in [5.74, 6) is 0. The molecule has 2 aliphatic carbocycles. The number of fused-ring (bicyclic) bond motifs is 5. The van der Waals surface area contributed by atoms with Crippen molar-refractivity contribution in [1.29, 1.82) is 0 Å². The Labute approximate surface area is 495 Å². The molecule has 0 radical (unpaired) electrons. The fourth-order valence-corrected chi connectivity index (χ4v) is 45.9. The van der Waals surface area contributed by atoms with Crippen molar-refractivity contribution in [2.24, 2.45) is 0 Å². The summed E-state index contributed by atoms with van der Waals surface area (Å²) < 4.78 is 0.683. The molecule has 8 aromatic carbocycles. The van der Waals surface area contributed by atoms with Gasteiger partial charge < -0.3 is 0 Å². The molecule has 1 heterocycles. The van der Waals surface area contributed by atoms with Gasteiger partial charge in [0.25, 0.3) is 0 Å². The van der Waals surface area contributed by atoms with Gasteiger partial charge in [0.2, 0.25) is 0 Å². The average molecular weight is 1250 g/mol. The molecule has 409 valence electrons. The first-order valence-electron chi connectivity index (χ1n) is 29.8. The molecule has 8 heteroatoms. The Morgan fingerprint density at radius 2 is 0.800 bits per heavy atom. The summed E-state index contributed by atoms with van der Waals surface area (Å²) in [6.07, 6.45) is 9.31. The van der Waals surface area contributed by atoms with E-state index in [0.29, 0.717) is 0 Å². The van der Waals surface area contributed by atoms with E-state index < -0.39 is 58.2 Å². The third-order valence-corrected chi connectivity index (χ3v) is 48.7. The number of benzene rings is 8. The third kappa shape index (κ3) is 10.1. The van der Waals surface area contributed by atoms with Crippen molar-refractivity contribution in [3.8, 4) is 33.4 Å². The number of hydrogen-bond donors (Lipinski definition) is 0. The zero-order valence-electron chi connectivity index (χ0n) is 50.2. The van der Waals surface area contributed by atoms with Gasteiger partial charge >= 0.3 is 500 Å². The molecule has 3 aliphatic rings. The van der Waals surface area contributed by atoms with Crippen molar-refractivity contribution in [2.45, 2.75) is 125 Å². The zero-order valence-corrected chi connectivity index (χ0v) is 59.6. The Morgan fingerprint density at radius 3 is 1.20 bits per heavy atom. The molecule has 2 atom stereocenters. The Balaban J connectivity index is 1.30. The van der Waals surface area contributed by atoms with Crippen LogP contribution in [0.15, 0.2) is 164 Å². The predicted molar refractivity (Wildman–Crippen MR) is 369 cm³/mol. The monoisotopic (exact) mass is 1250 g/mol. The molecule has 8 aromatic rings. The number of aryl methyl sites for hydroxylation is 2. The van der Waals surface area contributed by atoms with Gasteiger partial charge in [-0.2, -0.15) is 0 Å². The van der Waals surface area contributed by atoms with Crippen LogP contribution >= 0.6 is 17.0 Å². The molecular weight excluding hydrogens is 1170 g/mol. The SMILES string of the molecule is CCCc1ccc2c(c1-c1cc([Si](C)(C)C)cc([Si](C)(C)C)c1)C=C(c1ccccc1)[CH]2[Zr]([Cl])([Cl])([c]1cccc2c1[SiH2]c1ccccc1-2)[CH]1C(c2ccccc2)=Cc2c1ccc(CCC)c2-c1cc([Si](C)(C)C)cc([Si](C)(C)C)c1. The van der Waals surface area contributed by atoms with Crippen LogP contribution in [0, 0.1) is 0 Å². The van der Waals surface area contributed by atoms with E-state index in [1.54, 1.807) is 0 Å². The summed E-state index contributed by atoms with van der Waals surface area (Å²) in [4.78, 5) is 0. The number of allylic oxidation sites excluding steroid dienone is 2. The predicted octanol–water partition coefficient (Wildman–Crippen LogP) is 16.4. The molecule has 1 aliphatic heterocycles. The van der Waals surface area contributed by atoms with Crippen LogP contribution in [0.4, 0.5) is 0 Å². The second-order valence-electron chi connectivity index (χ2n) is 27.9. The Morgan fingerprint density at radius 1 is 0.412 bits per heavy atom. The second kappa shape index (κ2) is 21.1. The van der Waals surface area contributed by atoms with Crippen molar-refractivity contribution in [1.82, 2.24) is 0 Å². The van der Waals surface area contributed by atoms with Gasteiger partial charge in [0.1, 0.15) is 0 Å². The van der Waals surface area contributed by atoms with Crippen LogP contribution in [-0.2, 0) is 29.2 Å². The van der Waals surface area contributed by atoms with Crippen LogP contribution in [0.25, 0.3) is 56.7 Å². The maximum atomic E-state index is 9.98. The first-order chi connectivity index (χ1) is 37.8. The zero-order chi connectivity index (χ0) is 56.9. The first kappa shape index (κ1) is 57.6. The van der Waals surface area contributed by atoms with E-state index in [9.17, 15) is 17.0 Å². The third-order valence-electron chi connectivity index (χ3n) is 18.2. The van der Waals surface area contributed by atoms with Gasteiger partial charge in [-0.15, -0.1) is 0 Å². The van der Waals surface area contributed by atoms with Crippen molar-refractivity contribution in [3.05, 3.63) is 208 Å². The van der Waals surface area contributed by atoms with Crippen LogP contribution in [0.2, 0.25) is 78.6 Å². The van der Waals surface area contributed by atoms with Crippen LogP contribution in [-0.4, -0.2) is 41.8 Å². The van der Waals surface area contributed by atoms with E-state index in [1.807, 2.05) is 0 Å². The van der Waals surface area contributed by atoms with Crippen LogP contribution in [0.1, 0.15) is 78.4 Å². The van der Waals surface area contributed by atoms with Gasteiger partial charge in [0.05, 0.1) is 0 Å². The van der Waals surface area contributed by atoms with Gasteiger partial charge in [-0.05, 0) is 0 Å². The minimum absolute atomic E-state index is 0.289. The molecular formula is C72H83Cl2Si5Zr. The molecule has 0 fully saturated rings. The topological polar surface area (TPSA) is 0 Å². The molecule has 11 rings (SSSR count). The molecule has 0 saturated heterocycles. The van der Waals surface area contributed by atoms with Crippen LogP contribution in [0.5, 0.6) is 0 Å². The summed E-state index contributed by atoms with van der Waals surface area (Å²) in [7, 11) is 11.9. The summed E-state index contributed by atoms with van der Waals surface area (Å²) >= 11 is -6.16. The van der Waals surface area contributed by atoms with Crippen molar-refractivity contribution < 1.29 is 16.4 Å². The van der Waals surface area contributed by atoms with E-state index in [2.05, 4.69) is 268 Å². The summed E-state index contributed by atoms with van der Waals surface area (Å²) in [6, 6.07) is 64.4. The number of hydrogen-bond acceptors (Lipinski definition) is 0. The van der Waals surface area contributed by atoms with Crippen molar-refractivity contribution in [2.75, 3.05) is 0 Å². The first-order valence-corrected chi connectivity index (χ1v) is 55.6. The summed E-state index contributed by atoms with van der Waals surface area (Å²) in [6.45, 7) is 34.9. The Kier molecular flexibility index (Phi) is 15.2. The van der Waals surface area contributed by atoms with Crippen molar-refractivity contribution in [3.63, 3.8) is 0 Å². The summed E-state index contributed by atoms with van der Waals surface area (Å²) in [5, 5.41) is 9.05. The number of rotatable bonds is 15. The molecule has 0 aromatic heterocycles. The van der Waals surface area contributed by atoms with E-state index in [-0.39, 0.29) is 7.25 Å². The Bertz CT molecular complexity index is 3550. The molecule has 80 heavy (non-hydrogen) atoms. The van der Waals surface area contributed by atoms with Gasteiger partial charge in [-0.3, -0.25) is 0 Å². The standard InChI is InChI=1S/2C30H37Si2.C12H9Si.2ClH.Zr/c2*1-8-12-23-15-16-24-17-25(22-13-10-9-11-14-22)20-29(24)30(23)26-18-27(31(2,3)4)21-28(19-26)32(5,6)7;1-3-7-11-9(5-1)10-6-2-4-8-12(10)13-11;;;/h2*9-11,13-21H,8,12H2,1-7H3;1-7H,13H2;2*1H;/q;;;;;+2/p-2. The van der Waals surface area contributed by atoms with E-state index >= 15 is 0 Å². The van der Waals surface area contributed by atoms with Gasteiger partial charge in [0.15, 0.2) is 0 Å². The van der Waals surface area contributed by atoms with Gasteiger partial charge in [-0.1, -0.05) is 0 Å². The van der Waals surface area contributed by atoms with Crippen LogP contribution in [0.3, 0.4) is 0 Å². The summed E-state index contributed by atoms with van der Waals surface area (Å²) in [5.41, 5.74) is 21.1. The minimum atomic E-state index is -6.16. The molecule has 0 N–H and O–H groups in total. The fourth-order valence-electron chi connectivity index (χ4n) is 13.9. The molecule has 0 saturated carbocycles.